The summed E-state index contributed by atoms with van der Waals surface area (Å²) in [5.74, 6) is 0.0546. The van der Waals surface area contributed by atoms with E-state index in [4.69, 9.17) is 30.5 Å². The van der Waals surface area contributed by atoms with Crippen LogP contribution in [0.3, 0.4) is 0 Å². The van der Waals surface area contributed by atoms with E-state index in [9.17, 15) is 4.79 Å². The fraction of sp³-hybridized carbons (Fsp3) is 0.323. The number of aryl methyl sites for hydroxylation is 3. The number of hydrogen-bond acceptors (Lipinski definition) is 7. The Hall–Kier alpha value is -4.73. The molecular weight excluding hydrogens is 522 g/mol. The van der Waals surface area contributed by atoms with Crippen molar-refractivity contribution < 1.29 is 24.2 Å². The number of aliphatic carboxylic acids is 1. The third-order valence-corrected chi connectivity index (χ3v) is 5.72. The van der Waals surface area contributed by atoms with Crippen molar-refractivity contribution in [3.63, 3.8) is 0 Å². The van der Waals surface area contributed by atoms with E-state index in [1.807, 2.05) is 59.7 Å². The molecule has 0 bridgehead atoms. The summed E-state index contributed by atoms with van der Waals surface area (Å²) >= 11 is 0. The Bertz CT molecular complexity index is 1330. The van der Waals surface area contributed by atoms with E-state index < -0.39 is 12.0 Å². The molecule has 1 unspecified atom stereocenters. The summed E-state index contributed by atoms with van der Waals surface area (Å²) in [7, 11) is 0. The number of benzene rings is 3. The van der Waals surface area contributed by atoms with Crippen molar-refractivity contribution in [1.82, 2.24) is 5.43 Å². The van der Waals surface area contributed by atoms with Crippen LogP contribution in [0.1, 0.15) is 61.6 Å². The van der Waals surface area contributed by atoms with E-state index in [1.165, 1.54) is 0 Å². The molecule has 0 radical (unpaired) electrons. The normalized spacial score (nSPS) is 11.0. The van der Waals surface area contributed by atoms with Gasteiger partial charge in [-0.15, -0.1) is 0 Å². The first-order valence-electron chi connectivity index (χ1n) is 13.3. The maximum Gasteiger partial charge on any atom is 0.300 e. The van der Waals surface area contributed by atoms with Gasteiger partial charge in [0, 0.05) is 18.2 Å². The molecule has 0 fully saturated rings. The standard InChI is InChI=1S/C29H37N5O3.C2H4O2/c1-7-36-25-16-22(10-13-24(25)37-17(2)3)27(32-23-11-8-21(9-12-23)28(30)31)29(35)34-33-26-19(5)14-18(4)15-20(26)6;1-2(3)4/h8-17,27,32-33H,7H2,1-6H3,(H3,30,31)(H,34,35);1H3,(H,3,4). The minimum atomic E-state index is -0.833. The molecule has 0 aliphatic rings. The highest BCUT2D eigenvalue weighted by Gasteiger charge is 2.23. The van der Waals surface area contributed by atoms with Gasteiger partial charge in [-0.1, -0.05) is 23.8 Å². The molecule has 0 aliphatic carbocycles. The van der Waals surface area contributed by atoms with Crippen LogP contribution in [0, 0.1) is 26.2 Å². The second-order valence-corrected chi connectivity index (χ2v) is 9.78. The van der Waals surface area contributed by atoms with Gasteiger partial charge in [-0.3, -0.25) is 25.8 Å². The van der Waals surface area contributed by atoms with Crippen LogP contribution in [0.4, 0.5) is 11.4 Å². The number of carboxylic acids is 1. The smallest absolute Gasteiger partial charge is 0.300 e. The van der Waals surface area contributed by atoms with Gasteiger partial charge in [0.15, 0.2) is 11.5 Å². The van der Waals surface area contributed by atoms with E-state index in [0.29, 0.717) is 34.9 Å². The molecule has 3 rings (SSSR count). The fourth-order valence-corrected chi connectivity index (χ4v) is 4.11. The Balaban J connectivity index is 0.00000138. The van der Waals surface area contributed by atoms with Crippen molar-refractivity contribution in [2.75, 3.05) is 17.3 Å². The Labute approximate surface area is 241 Å². The Morgan fingerprint density at radius 3 is 2.07 bits per heavy atom. The number of nitrogen functional groups attached to an aromatic ring is 1. The van der Waals surface area contributed by atoms with Crippen molar-refractivity contribution in [1.29, 1.82) is 5.41 Å². The zero-order valence-electron chi connectivity index (χ0n) is 24.7. The molecule has 3 aromatic carbocycles. The van der Waals surface area contributed by atoms with E-state index in [2.05, 4.69) is 28.3 Å². The molecule has 7 N–H and O–H groups in total. The molecule has 41 heavy (non-hydrogen) atoms. The average molecular weight is 564 g/mol. The Morgan fingerprint density at radius 1 is 0.976 bits per heavy atom. The summed E-state index contributed by atoms with van der Waals surface area (Å²) in [5, 5.41) is 18.3. The second kappa shape index (κ2) is 15.2. The summed E-state index contributed by atoms with van der Waals surface area (Å²) in [6.07, 6.45) is -0.0211. The van der Waals surface area contributed by atoms with E-state index in [1.54, 1.807) is 24.3 Å². The monoisotopic (exact) mass is 563 g/mol. The first kappa shape index (κ1) is 32.5. The Kier molecular flexibility index (Phi) is 12.0. The van der Waals surface area contributed by atoms with Crippen LogP contribution in [0.2, 0.25) is 0 Å². The number of anilines is 2. The van der Waals surface area contributed by atoms with Crippen LogP contribution in [-0.2, 0) is 9.59 Å². The van der Waals surface area contributed by atoms with Gasteiger partial charge in [-0.2, -0.15) is 0 Å². The molecule has 0 spiro atoms. The van der Waals surface area contributed by atoms with Crippen LogP contribution < -0.4 is 31.4 Å². The van der Waals surface area contributed by atoms with Gasteiger partial charge >= 0.3 is 0 Å². The van der Waals surface area contributed by atoms with Gasteiger partial charge in [-0.25, -0.2) is 0 Å². The molecule has 10 nitrogen and oxygen atoms in total. The van der Waals surface area contributed by atoms with Crippen LogP contribution in [-0.4, -0.2) is 35.5 Å². The van der Waals surface area contributed by atoms with Crippen LogP contribution in [0.5, 0.6) is 11.5 Å². The molecule has 220 valence electrons. The first-order chi connectivity index (χ1) is 19.3. The van der Waals surface area contributed by atoms with Crippen molar-refractivity contribution >= 4 is 29.1 Å². The van der Waals surface area contributed by atoms with Gasteiger partial charge in [0.05, 0.1) is 18.4 Å². The zero-order chi connectivity index (χ0) is 30.7. The summed E-state index contributed by atoms with van der Waals surface area (Å²) in [4.78, 5) is 22.6. The molecule has 1 atom stereocenters. The van der Waals surface area contributed by atoms with Gasteiger partial charge in [0.25, 0.3) is 11.9 Å². The average Bonchev–Trinajstić information content (AvgIpc) is 2.87. The van der Waals surface area contributed by atoms with E-state index >= 15 is 0 Å². The number of nitrogens with one attached hydrogen (secondary N) is 4. The number of carboxylic acid groups (broad SMARTS) is 1. The number of carbonyl (C=O) groups excluding carboxylic acids is 1. The molecule has 0 aromatic heterocycles. The van der Waals surface area contributed by atoms with Gasteiger partial charge in [0.1, 0.15) is 11.9 Å². The van der Waals surface area contributed by atoms with E-state index in [0.717, 1.165) is 29.3 Å². The molecule has 0 aliphatic heterocycles. The molecule has 0 saturated heterocycles. The summed E-state index contributed by atoms with van der Waals surface area (Å²) in [6, 6.07) is 15.9. The number of hydrazine groups is 1. The summed E-state index contributed by atoms with van der Waals surface area (Å²) < 4.78 is 11.7. The predicted molar refractivity (Wildman–Crippen MR) is 163 cm³/mol. The highest BCUT2D eigenvalue weighted by Crippen LogP contribution is 2.33. The lowest BCUT2D eigenvalue weighted by molar-refractivity contribution is -0.134. The van der Waals surface area contributed by atoms with Crippen LogP contribution in [0.25, 0.3) is 0 Å². The van der Waals surface area contributed by atoms with Crippen molar-refractivity contribution in [3.8, 4) is 11.5 Å². The third-order valence-electron chi connectivity index (χ3n) is 5.72. The lowest BCUT2D eigenvalue weighted by atomic mass is 10.0. The summed E-state index contributed by atoms with van der Waals surface area (Å²) in [5.41, 5.74) is 17.7. The van der Waals surface area contributed by atoms with Gasteiger partial charge in [-0.05, 0) is 94.6 Å². The van der Waals surface area contributed by atoms with Crippen LogP contribution in [0.15, 0.2) is 54.6 Å². The number of amides is 1. The lowest BCUT2D eigenvalue weighted by Gasteiger charge is -2.23. The minimum Gasteiger partial charge on any atom is -0.490 e. The van der Waals surface area contributed by atoms with Crippen LogP contribution >= 0.6 is 0 Å². The number of nitrogens with two attached hydrogens (primary N) is 1. The maximum absolute atomic E-state index is 13.6. The number of hydrogen-bond donors (Lipinski definition) is 6. The molecule has 1 amide bonds. The van der Waals surface area contributed by atoms with E-state index in [-0.39, 0.29) is 17.8 Å². The Morgan fingerprint density at radius 2 is 1.56 bits per heavy atom. The fourth-order valence-electron chi connectivity index (χ4n) is 4.11. The number of amidine groups is 1. The predicted octanol–water partition coefficient (Wildman–Crippen LogP) is 5.47. The highest BCUT2D eigenvalue weighted by atomic mass is 16.5. The van der Waals surface area contributed by atoms with Crippen molar-refractivity contribution in [3.05, 3.63) is 82.4 Å². The number of rotatable bonds is 11. The molecule has 10 heteroatoms. The maximum atomic E-state index is 13.6. The first-order valence-corrected chi connectivity index (χ1v) is 13.3. The second-order valence-electron chi connectivity index (χ2n) is 9.78. The lowest BCUT2D eigenvalue weighted by Crippen LogP contribution is -2.37. The SMILES string of the molecule is CC(=O)O.CCOc1cc(C(Nc2ccc(C(=N)N)cc2)C(=O)NNc2c(C)cc(C)cc2C)ccc1OC(C)C. The minimum absolute atomic E-state index is 0.0176. The topological polar surface area (TPSA) is 159 Å². The third kappa shape index (κ3) is 10.1. The molecule has 0 heterocycles. The van der Waals surface area contributed by atoms with Gasteiger partial charge < -0.3 is 25.6 Å². The van der Waals surface area contributed by atoms with Crippen molar-refractivity contribution in [2.24, 2.45) is 5.73 Å². The highest BCUT2D eigenvalue weighted by molar-refractivity contribution is 5.95. The molecular formula is C31H41N5O5. The van der Waals surface area contributed by atoms with Crippen molar-refractivity contribution in [2.45, 2.75) is 60.6 Å². The quantitative estimate of drug-likeness (QED) is 0.102. The molecule has 0 saturated carbocycles. The summed E-state index contributed by atoms with van der Waals surface area (Å²) in [6.45, 7) is 13.4. The number of carbonyl (C=O) groups is 2. The molecule has 3 aromatic rings. The zero-order valence-corrected chi connectivity index (χ0v) is 24.7. The van der Waals surface area contributed by atoms with Gasteiger partial charge in [0.2, 0.25) is 0 Å². The largest absolute Gasteiger partial charge is 0.490 e. The number of ether oxygens (including phenoxy) is 2.